The summed E-state index contributed by atoms with van der Waals surface area (Å²) < 4.78 is 7.09. The van der Waals surface area contributed by atoms with E-state index in [-0.39, 0.29) is 0 Å². The van der Waals surface area contributed by atoms with Gasteiger partial charge in [-0.3, -0.25) is 0 Å². The minimum absolute atomic E-state index is 0.436. The van der Waals surface area contributed by atoms with Gasteiger partial charge in [0.1, 0.15) is 11.8 Å². The topological polar surface area (TPSA) is 52.3 Å². The molecule has 2 aromatic rings. The Kier molecular flexibility index (Phi) is 2.10. The molecule has 1 aliphatic rings. The van der Waals surface area contributed by atoms with Crippen molar-refractivity contribution in [2.24, 2.45) is 0 Å². The summed E-state index contributed by atoms with van der Waals surface area (Å²) in [4.78, 5) is 8.40. The second-order valence-electron chi connectivity index (χ2n) is 3.77. The number of nitrogens with zero attached hydrogens (tertiary/aromatic N) is 4. The minimum atomic E-state index is 0.436. The molecule has 0 N–H and O–H groups in total. The van der Waals surface area contributed by atoms with Crippen LogP contribution in [-0.2, 0) is 4.74 Å². The van der Waals surface area contributed by atoms with Gasteiger partial charge in [-0.2, -0.15) is 5.10 Å². The number of ether oxygens (including phenoxy) is 1. The first-order valence-electron chi connectivity index (χ1n) is 5.16. The highest BCUT2D eigenvalue weighted by molar-refractivity contribution is 5.39. The van der Waals surface area contributed by atoms with Crippen molar-refractivity contribution < 1.29 is 4.74 Å². The SMILES string of the molecule is c1ncn2nc(C3CCOCC3)ncc12. The number of aromatic nitrogens is 4. The first kappa shape index (κ1) is 8.79. The Bertz CT molecular complexity index is 461. The second kappa shape index (κ2) is 3.58. The first-order valence-corrected chi connectivity index (χ1v) is 5.16. The van der Waals surface area contributed by atoms with Crippen LogP contribution in [-0.4, -0.2) is 32.8 Å². The van der Waals surface area contributed by atoms with Crippen molar-refractivity contribution in [1.29, 1.82) is 0 Å². The maximum atomic E-state index is 5.32. The minimum Gasteiger partial charge on any atom is -0.381 e. The summed E-state index contributed by atoms with van der Waals surface area (Å²) in [6.07, 6.45) is 7.32. The van der Waals surface area contributed by atoms with Crippen LogP contribution < -0.4 is 0 Å². The molecule has 0 amide bonds. The standard InChI is InChI=1S/C10H12N4O/c1-3-15-4-2-8(1)10-12-6-9-5-11-7-14(9)13-10/h5-8H,1-4H2. The molecule has 5 nitrogen and oxygen atoms in total. The molecular formula is C10H12N4O. The van der Waals surface area contributed by atoms with Gasteiger partial charge in [-0.25, -0.2) is 14.5 Å². The molecule has 1 fully saturated rings. The average Bonchev–Trinajstić information content (AvgIpc) is 2.77. The summed E-state index contributed by atoms with van der Waals surface area (Å²) in [5.41, 5.74) is 0.936. The Morgan fingerprint density at radius 1 is 1.27 bits per heavy atom. The van der Waals surface area contributed by atoms with E-state index >= 15 is 0 Å². The van der Waals surface area contributed by atoms with Crippen LogP contribution in [0.1, 0.15) is 24.6 Å². The van der Waals surface area contributed by atoms with Crippen molar-refractivity contribution in [2.45, 2.75) is 18.8 Å². The second-order valence-corrected chi connectivity index (χ2v) is 3.77. The summed E-state index contributed by atoms with van der Waals surface area (Å²) >= 11 is 0. The average molecular weight is 204 g/mol. The van der Waals surface area contributed by atoms with E-state index in [0.29, 0.717) is 5.92 Å². The van der Waals surface area contributed by atoms with Gasteiger partial charge < -0.3 is 4.74 Å². The van der Waals surface area contributed by atoms with Crippen molar-refractivity contribution in [1.82, 2.24) is 19.6 Å². The smallest absolute Gasteiger partial charge is 0.152 e. The van der Waals surface area contributed by atoms with Crippen LogP contribution in [0.3, 0.4) is 0 Å². The van der Waals surface area contributed by atoms with Crippen LogP contribution in [0.25, 0.3) is 5.52 Å². The van der Waals surface area contributed by atoms with Gasteiger partial charge in [-0.15, -0.1) is 0 Å². The Morgan fingerprint density at radius 3 is 3.00 bits per heavy atom. The van der Waals surface area contributed by atoms with Gasteiger partial charge in [0.25, 0.3) is 0 Å². The van der Waals surface area contributed by atoms with Crippen molar-refractivity contribution in [3.05, 3.63) is 24.5 Å². The Labute approximate surface area is 87.1 Å². The fourth-order valence-electron chi connectivity index (χ4n) is 1.89. The quantitative estimate of drug-likeness (QED) is 0.696. The fourth-order valence-corrected chi connectivity index (χ4v) is 1.89. The number of rotatable bonds is 1. The third kappa shape index (κ3) is 1.59. The number of hydrogen-bond acceptors (Lipinski definition) is 4. The molecule has 0 spiro atoms. The zero-order valence-electron chi connectivity index (χ0n) is 8.33. The molecule has 3 rings (SSSR count). The zero-order valence-corrected chi connectivity index (χ0v) is 8.33. The Morgan fingerprint density at radius 2 is 2.13 bits per heavy atom. The molecule has 2 aromatic heterocycles. The lowest BCUT2D eigenvalue weighted by molar-refractivity contribution is 0.0833. The molecular weight excluding hydrogens is 192 g/mol. The van der Waals surface area contributed by atoms with Crippen LogP contribution in [0.5, 0.6) is 0 Å². The number of imidazole rings is 1. The van der Waals surface area contributed by atoms with Gasteiger partial charge >= 0.3 is 0 Å². The van der Waals surface area contributed by atoms with E-state index in [1.165, 1.54) is 0 Å². The molecule has 0 aromatic carbocycles. The molecule has 1 saturated heterocycles. The Balaban J connectivity index is 1.95. The molecule has 15 heavy (non-hydrogen) atoms. The van der Waals surface area contributed by atoms with E-state index < -0.39 is 0 Å². The van der Waals surface area contributed by atoms with Crippen molar-refractivity contribution >= 4 is 5.52 Å². The monoisotopic (exact) mass is 204 g/mol. The third-order valence-electron chi connectivity index (χ3n) is 2.77. The van der Waals surface area contributed by atoms with Gasteiger partial charge in [0, 0.05) is 19.1 Å². The summed E-state index contributed by atoms with van der Waals surface area (Å²) in [5, 5.41) is 4.45. The molecule has 78 valence electrons. The summed E-state index contributed by atoms with van der Waals surface area (Å²) in [6.45, 7) is 1.63. The van der Waals surface area contributed by atoms with Gasteiger partial charge in [0.05, 0.1) is 12.4 Å². The third-order valence-corrected chi connectivity index (χ3v) is 2.77. The summed E-state index contributed by atoms with van der Waals surface area (Å²) in [7, 11) is 0. The summed E-state index contributed by atoms with van der Waals surface area (Å²) in [5.74, 6) is 1.34. The van der Waals surface area contributed by atoms with E-state index in [1.54, 1.807) is 17.0 Å². The lowest BCUT2D eigenvalue weighted by Crippen LogP contribution is -2.17. The lowest BCUT2D eigenvalue weighted by atomic mass is 10.00. The molecule has 0 bridgehead atoms. The predicted octanol–water partition coefficient (Wildman–Crippen LogP) is 1.02. The molecule has 1 aliphatic heterocycles. The molecule has 0 radical (unpaired) electrons. The highest BCUT2D eigenvalue weighted by Gasteiger charge is 2.18. The van der Waals surface area contributed by atoms with E-state index in [1.807, 2.05) is 6.20 Å². The van der Waals surface area contributed by atoms with Crippen LogP contribution in [0.15, 0.2) is 18.7 Å². The maximum Gasteiger partial charge on any atom is 0.152 e. The predicted molar refractivity (Wildman–Crippen MR) is 53.6 cm³/mol. The molecule has 0 atom stereocenters. The van der Waals surface area contributed by atoms with Crippen molar-refractivity contribution in [2.75, 3.05) is 13.2 Å². The maximum absolute atomic E-state index is 5.32. The van der Waals surface area contributed by atoms with Gasteiger partial charge in [-0.05, 0) is 12.8 Å². The Hall–Kier alpha value is -1.49. The highest BCUT2D eigenvalue weighted by Crippen LogP contribution is 2.23. The van der Waals surface area contributed by atoms with Crippen LogP contribution in [0.4, 0.5) is 0 Å². The molecule has 0 saturated carbocycles. The largest absolute Gasteiger partial charge is 0.381 e. The number of hydrogen-bond donors (Lipinski definition) is 0. The molecule has 0 aliphatic carbocycles. The normalized spacial score (nSPS) is 18.4. The van der Waals surface area contributed by atoms with Gasteiger partial charge in [0.2, 0.25) is 0 Å². The van der Waals surface area contributed by atoms with Crippen LogP contribution >= 0.6 is 0 Å². The van der Waals surface area contributed by atoms with Crippen molar-refractivity contribution in [3.63, 3.8) is 0 Å². The van der Waals surface area contributed by atoms with Crippen LogP contribution in [0.2, 0.25) is 0 Å². The van der Waals surface area contributed by atoms with Gasteiger partial charge in [-0.1, -0.05) is 0 Å². The molecule has 5 heteroatoms. The zero-order chi connectivity index (χ0) is 10.1. The highest BCUT2D eigenvalue weighted by atomic mass is 16.5. The summed E-state index contributed by atoms with van der Waals surface area (Å²) in [6, 6.07) is 0. The van der Waals surface area contributed by atoms with E-state index in [4.69, 9.17) is 4.74 Å². The molecule has 3 heterocycles. The van der Waals surface area contributed by atoms with Gasteiger partial charge in [0.15, 0.2) is 5.82 Å². The van der Waals surface area contributed by atoms with E-state index in [9.17, 15) is 0 Å². The van der Waals surface area contributed by atoms with E-state index in [0.717, 1.165) is 37.4 Å². The fraction of sp³-hybridized carbons (Fsp3) is 0.500. The van der Waals surface area contributed by atoms with Crippen LogP contribution in [0, 0.1) is 0 Å². The van der Waals surface area contributed by atoms with Crippen molar-refractivity contribution in [3.8, 4) is 0 Å². The lowest BCUT2D eigenvalue weighted by Gasteiger charge is -2.20. The molecule has 0 unspecified atom stereocenters. The first-order chi connectivity index (χ1) is 7.43. The van der Waals surface area contributed by atoms with E-state index in [2.05, 4.69) is 15.1 Å². The number of fused-ring (bicyclic) bond motifs is 1.